The SMILES string of the molecule is Cc1ccc(-n2c(C)nnc2SCC(=O)O)c(F)c1. The van der Waals surface area contributed by atoms with Gasteiger partial charge in [0.2, 0.25) is 0 Å². The van der Waals surface area contributed by atoms with Gasteiger partial charge in [-0.15, -0.1) is 10.2 Å². The monoisotopic (exact) mass is 281 g/mol. The number of carboxylic acids is 1. The lowest BCUT2D eigenvalue weighted by molar-refractivity contribution is -0.133. The first-order chi connectivity index (χ1) is 8.99. The van der Waals surface area contributed by atoms with E-state index in [2.05, 4.69) is 10.2 Å². The zero-order valence-electron chi connectivity index (χ0n) is 10.4. The molecule has 0 atom stereocenters. The molecule has 0 unspecified atom stereocenters. The van der Waals surface area contributed by atoms with Gasteiger partial charge in [0.25, 0.3) is 0 Å². The van der Waals surface area contributed by atoms with Gasteiger partial charge < -0.3 is 5.11 Å². The molecule has 0 bridgehead atoms. The normalized spacial score (nSPS) is 10.7. The maximum absolute atomic E-state index is 14.0. The summed E-state index contributed by atoms with van der Waals surface area (Å²) in [6.07, 6.45) is 0. The summed E-state index contributed by atoms with van der Waals surface area (Å²) in [5, 5.41) is 16.8. The zero-order valence-corrected chi connectivity index (χ0v) is 11.2. The molecule has 0 aliphatic rings. The molecular weight excluding hydrogens is 269 g/mol. The summed E-state index contributed by atoms with van der Waals surface area (Å²) in [5.74, 6) is -0.983. The Kier molecular flexibility index (Phi) is 3.84. The van der Waals surface area contributed by atoms with E-state index in [1.165, 1.54) is 10.6 Å². The summed E-state index contributed by atoms with van der Waals surface area (Å²) < 4.78 is 15.5. The second-order valence-electron chi connectivity index (χ2n) is 4.00. The molecule has 1 aromatic heterocycles. The molecule has 2 aromatic rings. The van der Waals surface area contributed by atoms with Crippen LogP contribution in [0.5, 0.6) is 0 Å². The first kappa shape index (κ1) is 13.5. The van der Waals surface area contributed by atoms with Gasteiger partial charge in [0.1, 0.15) is 11.6 Å². The van der Waals surface area contributed by atoms with E-state index in [1.807, 2.05) is 0 Å². The van der Waals surface area contributed by atoms with Crippen LogP contribution in [0.4, 0.5) is 4.39 Å². The summed E-state index contributed by atoms with van der Waals surface area (Å²) in [5.41, 5.74) is 1.13. The molecular formula is C12H12FN3O2S. The third kappa shape index (κ3) is 2.93. The van der Waals surface area contributed by atoms with Gasteiger partial charge in [0.05, 0.1) is 11.4 Å². The number of aliphatic carboxylic acids is 1. The minimum absolute atomic E-state index is 0.147. The number of hydrogen-bond acceptors (Lipinski definition) is 4. The molecule has 0 radical (unpaired) electrons. The van der Waals surface area contributed by atoms with Crippen LogP contribution in [-0.2, 0) is 4.79 Å². The van der Waals surface area contributed by atoms with Crippen molar-refractivity contribution in [1.82, 2.24) is 14.8 Å². The highest BCUT2D eigenvalue weighted by atomic mass is 32.2. The molecule has 19 heavy (non-hydrogen) atoms. The van der Waals surface area contributed by atoms with E-state index >= 15 is 0 Å². The maximum Gasteiger partial charge on any atom is 0.313 e. The van der Waals surface area contributed by atoms with Crippen molar-refractivity contribution in [3.8, 4) is 5.69 Å². The highest BCUT2D eigenvalue weighted by Crippen LogP contribution is 2.24. The Morgan fingerprint density at radius 3 is 2.79 bits per heavy atom. The number of nitrogens with zero attached hydrogens (tertiary/aromatic N) is 3. The molecule has 1 N–H and O–H groups in total. The van der Waals surface area contributed by atoms with Crippen LogP contribution in [0.2, 0.25) is 0 Å². The van der Waals surface area contributed by atoms with Gasteiger partial charge in [-0.2, -0.15) is 0 Å². The van der Waals surface area contributed by atoms with E-state index in [0.717, 1.165) is 17.3 Å². The van der Waals surface area contributed by atoms with Crippen molar-refractivity contribution in [3.05, 3.63) is 35.4 Å². The molecule has 1 aromatic carbocycles. The van der Waals surface area contributed by atoms with Crippen molar-refractivity contribution in [1.29, 1.82) is 0 Å². The molecule has 0 fully saturated rings. The fourth-order valence-corrected chi connectivity index (χ4v) is 2.34. The fraction of sp³-hybridized carbons (Fsp3) is 0.250. The lowest BCUT2D eigenvalue weighted by atomic mass is 10.2. The number of aromatic nitrogens is 3. The van der Waals surface area contributed by atoms with Crippen molar-refractivity contribution >= 4 is 17.7 Å². The third-order valence-electron chi connectivity index (χ3n) is 2.46. The summed E-state index contributed by atoms with van der Waals surface area (Å²) >= 11 is 1.01. The molecule has 1 heterocycles. The average molecular weight is 281 g/mol. The second-order valence-corrected chi connectivity index (χ2v) is 4.94. The minimum atomic E-state index is -0.957. The number of carboxylic acid groups (broad SMARTS) is 1. The first-order valence-electron chi connectivity index (χ1n) is 5.52. The fourth-order valence-electron chi connectivity index (χ4n) is 1.63. The van der Waals surface area contributed by atoms with Crippen LogP contribution in [0.15, 0.2) is 23.4 Å². The molecule has 2 rings (SSSR count). The standard InChI is InChI=1S/C12H12FN3O2S/c1-7-3-4-10(9(13)5-7)16-8(2)14-15-12(16)19-6-11(17)18/h3-5H,6H2,1-2H3,(H,17,18). The highest BCUT2D eigenvalue weighted by molar-refractivity contribution is 7.99. The molecule has 7 heteroatoms. The maximum atomic E-state index is 14.0. The number of carbonyl (C=O) groups is 1. The summed E-state index contributed by atoms with van der Waals surface area (Å²) in [7, 11) is 0. The molecule has 0 amide bonds. The number of aryl methyl sites for hydroxylation is 2. The van der Waals surface area contributed by atoms with Crippen LogP contribution in [0.3, 0.4) is 0 Å². The highest BCUT2D eigenvalue weighted by Gasteiger charge is 2.15. The minimum Gasteiger partial charge on any atom is -0.481 e. The van der Waals surface area contributed by atoms with E-state index in [4.69, 9.17) is 5.11 Å². The van der Waals surface area contributed by atoms with Crippen LogP contribution >= 0.6 is 11.8 Å². The van der Waals surface area contributed by atoms with Crippen LogP contribution in [-0.4, -0.2) is 31.6 Å². The molecule has 0 saturated carbocycles. The molecule has 0 saturated heterocycles. The molecule has 0 aliphatic carbocycles. The van der Waals surface area contributed by atoms with E-state index in [0.29, 0.717) is 16.7 Å². The van der Waals surface area contributed by atoms with Crippen LogP contribution in [0.1, 0.15) is 11.4 Å². The van der Waals surface area contributed by atoms with E-state index < -0.39 is 5.97 Å². The predicted molar refractivity (Wildman–Crippen MR) is 69.2 cm³/mol. The van der Waals surface area contributed by atoms with Crippen molar-refractivity contribution in [2.24, 2.45) is 0 Å². The topological polar surface area (TPSA) is 68.0 Å². The van der Waals surface area contributed by atoms with Gasteiger partial charge >= 0.3 is 5.97 Å². The van der Waals surface area contributed by atoms with Gasteiger partial charge in [-0.25, -0.2) is 4.39 Å². The molecule has 0 spiro atoms. The van der Waals surface area contributed by atoms with Crippen LogP contribution in [0.25, 0.3) is 5.69 Å². The largest absolute Gasteiger partial charge is 0.481 e. The Bertz CT molecular complexity index is 627. The Balaban J connectivity index is 2.43. The van der Waals surface area contributed by atoms with Crippen LogP contribution < -0.4 is 0 Å². The van der Waals surface area contributed by atoms with Gasteiger partial charge in [0.15, 0.2) is 5.16 Å². The van der Waals surface area contributed by atoms with Crippen molar-refractivity contribution in [3.63, 3.8) is 0 Å². The number of rotatable bonds is 4. The average Bonchev–Trinajstić information content (AvgIpc) is 2.68. The molecule has 100 valence electrons. The Labute approximate surface area is 113 Å². The first-order valence-corrected chi connectivity index (χ1v) is 6.50. The van der Waals surface area contributed by atoms with Gasteiger partial charge in [-0.05, 0) is 31.5 Å². The molecule has 5 nitrogen and oxygen atoms in total. The number of hydrogen-bond donors (Lipinski definition) is 1. The van der Waals surface area contributed by atoms with Gasteiger partial charge in [0, 0.05) is 0 Å². The van der Waals surface area contributed by atoms with Crippen molar-refractivity contribution < 1.29 is 14.3 Å². The van der Waals surface area contributed by atoms with E-state index in [-0.39, 0.29) is 11.6 Å². The van der Waals surface area contributed by atoms with Crippen LogP contribution in [0, 0.1) is 19.7 Å². The third-order valence-corrected chi connectivity index (χ3v) is 3.38. The lowest BCUT2D eigenvalue weighted by Gasteiger charge is -2.09. The number of halogens is 1. The summed E-state index contributed by atoms with van der Waals surface area (Å²) in [6, 6.07) is 4.83. The second kappa shape index (κ2) is 5.40. The lowest BCUT2D eigenvalue weighted by Crippen LogP contribution is -2.04. The quantitative estimate of drug-likeness (QED) is 0.870. The van der Waals surface area contributed by atoms with Gasteiger partial charge in [-0.3, -0.25) is 9.36 Å². The van der Waals surface area contributed by atoms with E-state index in [9.17, 15) is 9.18 Å². The summed E-state index contributed by atoms with van der Waals surface area (Å²) in [6.45, 7) is 3.49. The predicted octanol–water partition coefficient (Wildman–Crippen LogP) is 2.20. The number of benzene rings is 1. The van der Waals surface area contributed by atoms with Crippen molar-refractivity contribution in [2.45, 2.75) is 19.0 Å². The number of thioether (sulfide) groups is 1. The molecule has 0 aliphatic heterocycles. The van der Waals surface area contributed by atoms with Gasteiger partial charge in [-0.1, -0.05) is 17.8 Å². The van der Waals surface area contributed by atoms with Crippen molar-refractivity contribution in [2.75, 3.05) is 5.75 Å². The summed E-state index contributed by atoms with van der Waals surface area (Å²) in [4.78, 5) is 10.6. The zero-order chi connectivity index (χ0) is 14.0. The Hall–Kier alpha value is -1.89. The van der Waals surface area contributed by atoms with E-state index in [1.54, 1.807) is 26.0 Å². The smallest absolute Gasteiger partial charge is 0.313 e. The Morgan fingerprint density at radius 1 is 1.42 bits per heavy atom. The Morgan fingerprint density at radius 2 is 2.16 bits per heavy atom.